The summed E-state index contributed by atoms with van der Waals surface area (Å²) >= 11 is 6.24. The van der Waals surface area contributed by atoms with Crippen LogP contribution in [0.2, 0.25) is 5.02 Å². The second-order valence-corrected chi connectivity index (χ2v) is 8.87. The number of halogens is 1. The molecule has 0 radical (unpaired) electrons. The van der Waals surface area contributed by atoms with Crippen LogP contribution in [0.1, 0.15) is 11.1 Å². The lowest BCUT2D eigenvalue weighted by molar-refractivity contribution is 0.601. The first-order chi connectivity index (χ1) is 14.4. The van der Waals surface area contributed by atoms with Crippen LogP contribution in [0.5, 0.6) is 0 Å². The monoisotopic (exact) mass is 438 g/mol. The fourth-order valence-corrected chi connectivity index (χ4v) is 4.30. The lowest BCUT2D eigenvalue weighted by atomic mass is 10.2. The summed E-state index contributed by atoms with van der Waals surface area (Å²) in [4.78, 5) is 9.23. The Balaban J connectivity index is 1.72. The van der Waals surface area contributed by atoms with Gasteiger partial charge in [0.15, 0.2) is 11.6 Å². The molecule has 2 N–H and O–H groups in total. The Hall–Kier alpha value is -3.16. The quantitative estimate of drug-likeness (QED) is 0.442. The zero-order chi connectivity index (χ0) is 21.1. The van der Waals surface area contributed by atoms with Crippen LogP contribution in [0.3, 0.4) is 0 Å². The van der Waals surface area contributed by atoms with E-state index in [-0.39, 0.29) is 10.7 Å². The van der Waals surface area contributed by atoms with Crippen LogP contribution in [0.25, 0.3) is 11.0 Å². The van der Waals surface area contributed by atoms with Gasteiger partial charge < -0.3 is 5.32 Å². The van der Waals surface area contributed by atoms with Gasteiger partial charge in [0.05, 0.1) is 15.9 Å². The molecule has 30 heavy (non-hydrogen) atoms. The molecule has 0 bridgehead atoms. The van der Waals surface area contributed by atoms with E-state index in [9.17, 15) is 8.42 Å². The second-order valence-electron chi connectivity index (χ2n) is 6.78. The molecule has 0 aliphatic rings. The van der Waals surface area contributed by atoms with E-state index >= 15 is 0 Å². The van der Waals surface area contributed by atoms with Gasteiger partial charge in [-0.05, 0) is 48.4 Å². The Morgan fingerprint density at radius 3 is 2.23 bits per heavy atom. The summed E-state index contributed by atoms with van der Waals surface area (Å²) in [6.45, 7) is 2.21. The number of nitrogens with one attached hydrogen (secondary N) is 2. The molecule has 1 aromatic heterocycles. The average Bonchev–Trinajstić information content (AvgIpc) is 2.73. The summed E-state index contributed by atoms with van der Waals surface area (Å²) in [5, 5.41) is 3.77. The van der Waals surface area contributed by atoms with E-state index in [1.807, 2.05) is 49.4 Å². The number of benzene rings is 3. The van der Waals surface area contributed by atoms with Gasteiger partial charge in [-0.15, -0.1) is 0 Å². The first kappa shape index (κ1) is 20.1. The van der Waals surface area contributed by atoms with Gasteiger partial charge in [0, 0.05) is 11.6 Å². The molecular formula is C22H19ClN4O2S. The summed E-state index contributed by atoms with van der Waals surface area (Å²) < 4.78 is 28.5. The molecule has 4 aromatic rings. The van der Waals surface area contributed by atoms with E-state index in [4.69, 9.17) is 11.6 Å². The van der Waals surface area contributed by atoms with Gasteiger partial charge in [-0.25, -0.2) is 18.4 Å². The molecule has 0 saturated heterocycles. The highest BCUT2D eigenvalue weighted by Gasteiger charge is 2.19. The number of fused-ring (bicyclic) bond motifs is 1. The van der Waals surface area contributed by atoms with Crippen molar-refractivity contribution in [2.45, 2.75) is 18.4 Å². The Labute approximate surface area is 180 Å². The summed E-state index contributed by atoms with van der Waals surface area (Å²) in [7, 11) is -3.84. The van der Waals surface area contributed by atoms with Gasteiger partial charge >= 0.3 is 0 Å². The van der Waals surface area contributed by atoms with Crippen LogP contribution < -0.4 is 10.0 Å². The number of aryl methyl sites for hydroxylation is 1. The number of hydrogen-bond acceptors (Lipinski definition) is 5. The molecule has 0 amide bonds. The summed E-state index contributed by atoms with van der Waals surface area (Å²) in [5.74, 6) is 0.451. The van der Waals surface area contributed by atoms with Crippen molar-refractivity contribution < 1.29 is 8.42 Å². The minimum atomic E-state index is -3.84. The van der Waals surface area contributed by atoms with Crippen molar-refractivity contribution in [2.75, 3.05) is 10.0 Å². The molecule has 6 nitrogen and oxygen atoms in total. The fraction of sp³-hybridized carbons (Fsp3) is 0.0909. The normalized spacial score (nSPS) is 11.4. The molecule has 0 spiro atoms. The molecule has 0 saturated carbocycles. The highest BCUT2D eigenvalue weighted by atomic mass is 35.5. The van der Waals surface area contributed by atoms with Crippen molar-refractivity contribution in [1.82, 2.24) is 9.97 Å². The molecule has 0 aliphatic heterocycles. The second kappa shape index (κ2) is 8.30. The highest BCUT2D eigenvalue weighted by molar-refractivity contribution is 7.92. The Morgan fingerprint density at radius 1 is 0.867 bits per heavy atom. The molecule has 0 fully saturated rings. The maximum Gasteiger partial charge on any atom is 0.263 e. The molecule has 0 atom stereocenters. The lowest BCUT2D eigenvalue weighted by Gasteiger charge is -2.14. The number of sulfonamides is 1. The summed E-state index contributed by atoms with van der Waals surface area (Å²) in [5.41, 5.74) is 2.95. The maximum atomic E-state index is 12.9. The standard InChI is InChI=1S/C22H19ClN4O2S/c1-15-7-6-9-17(13-15)30(28,29)27-22-21(24-14-16-8-2-3-10-18(16)23)25-19-11-4-5-12-20(19)26-22/h2-13H,14H2,1H3,(H,24,25)(H,26,27). The number of aromatic nitrogens is 2. The average molecular weight is 439 g/mol. The minimum Gasteiger partial charge on any atom is -0.363 e. The number of rotatable bonds is 6. The van der Waals surface area contributed by atoms with E-state index in [0.29, 0.717) is 28.4 Å². The van der Waals surface area contributed by atoms with E-state index in [1.165, 1.54) is 0 Å². The largest absolute Gasteiger partial charge is 0.363 e. The third-order valence-corrected chi connectivity index (χ3v) is 6.21. The number of nitrogens with zero attached hydrogens (tertiary/aromatic N) is 2. The van der Waals surface area contributed by atoms with Crippen LogP contribution >= 0.6 is 11.6 Å². The predicted octanol–water partition coefficient (Wildman–Crippen LogP) is 5.00. The molecule has 8 heteroatoms. The van der Waals surface area contributed by atoms with E-state index in [1.54, 1.807) is 30.3 Å². The van der Waals surface area contributed by atoms with Gasteiger partial charge in [-0.1, -0.05) is 54.1 Å². The number of anilines is 2. The third kappa shape index (κ3) is 4.37. The number of para-hydroxylation sites is 2. The van der Waals surface area contributed by atoms with E-state index < -0.39 is 10.0 Å². The van der Waals surface area contributed by atoms with Gasteiger partial charge in [0.25, 0.3) is 10.0 Å². The van der Waals surface area contributed by atoms with Gasteiger partial charge in [-0.2, -0.15) is 0 Å². The first-order valence-electron chi connectivity index (χ1n) is 9.26. The first-order valence-corrected chi connectivity index (χ1v) is 11.1. The Bertz CT molecular complexity index is 1330. The molecular weight excluding hydrogens is 420 g/mol. The van der Waals surface area contributed by atoms with Crippen molar-refractivity contribution in [1.29, 1.82) is 0 Å². The molecule has 0 unspecified atom stereocenters. The maximum absolute atomic E-state index is 12.9. The molecule has 4 rings (SSSR count). The molecule has 3 aromatic carbocycles. The van der Waals surface area contributed by atoms with Crippen molar-refractivity contribution in [2.24, 2.45) is 0 Å². The third-order valence-electron chi connectivity index (χ3n) is 4.51. The van der Waals surface area contributed by atoms with Crippen LogP contribution in [-0.2, 0) is 16.6 Å². The lowest BCUT2D eigenvalue weighted by Crippen LogP contribution is -2.17. The molecule has 152 valence electrons. The van der Waals surface area contributed by atoms with Crippen molar-refractivity contribution in [3.05, 3.63) is 88.9 Å². The summed E-state index contributed by atoms with van der Waals surface area (Å²) in [6, 6.07) is 21.4. The molecule has 0 aliphatic carbocycles. The van der Waals surface area contributed by atoms with E-state index in [2.05, 4.69) is 20.0 Å². The summed E-state index contributed by atoms with van der Waals surface area (Å²) in [6.07, 6.45) is 0. The van der Waals surface area contributed by atoms with Crippen LogP contribution in [0.4, 0.5) is 11.6 Å². The molecule has 1 heterocycles. The predicted molar refractivity (Wildman–Crippen MR) is 120 cm³/mol. The van der Waals surface area contributed by atoms with Gasteiger partial charge in [0.1, 0.15) is 0 Å². The minimum absolute atomic E-state index is 0.127. The smallest absolute Gasteiger partial charge is 0.263 e. The topological polar surface area (TPSA) is 84.0 Å². The SMILES string of the molecule is Cc1cccc(S(=O)(=O)Nc2nc3ccccc3nc2NCc2ccccc2Cl)c1. The zero-order valence-corrected chi connectivity index (χ0v) is 17.7. The van der Waals surface area contributed by atoms with Gasteiger partial charge in [-0.3, -0.25) is 4.72 Å². The Kier molecular flexibility index (Phi) is 5.57. The van der Waals surface area contributed by atoms with Crippen LogP contribution in [0, 0.1) is 6.92 Å². The van der Waals surface area contributed by atoms with Gasteiger partial charge in [0.2, 0.25) is 0 Å². The van der Waals surface area contributed by atoms with Crippen LogP contribution in [-0.4, -0.2) is 18.4 Å². The van der Waals surface area contributed by atoms with Crippen LogP contribution in [0.15, 0.2) is 77.7 Å². The zero-order valence-electron chi connectivity index (χ0n) is 16.1. The van der Waals surface area contributed by atoms with E-state index in [0.717, 1.165) is 11.1 Å². The van der Waals surface area contributed by atoms with Crippen molar-refractivity contribution in [3.8, 4) is 0 Å². The number of hydrogen-bond donors (Lipinski definition) is 2. The van der Waals surface area contributed by atoms with Crippen molar-refractivity contribution in [3.63, 3.8) is 0 Å². The fourth-order valence-electron chi connectivity index (χ4n) is 2.98. The highest BCUT2D eigenvalue weighted by Crippen LogP contribution is 2.26. The van der Waals surface area contributed by atoms with Crippen molar-refractivity contribution >= 4 is 44.3 Å². The Morgan fingerprint density at radius 2 is 1.53 bits per heavy atom.